The number of carbonyl (C=O) groups is 2. The number of aryl methyl sites for hydroxylation is 1. The molecule has 0 aliphatic carbocycles. The number of rotatable bonds is 2. The van der Waals surface area contributed by atoms with Crippen LogP contribution in [0.4, 0.5) is 10.5 Å². The number of urea groups is 1. The number of fused-ring (bicyclic) bond motifs is 1. The van der Waals surface area contributed by atoms with E-state index >= 15 is 0 Å². The van der Waals surface area contributed by atoms with E-state index in [1.165, 1.54) is 0 Å². The lowest BCUT2D eigenvalue weighted by molar-refractivity contribution is -0.267. The number of hydrogen-bond donors (Lipinski definition) is 2. The summed E-state index contributed by atoms with van der Waals surface area (Å²) in [6.45, 7) is 5.18. The number of amides is 3. The molecule has 3 fully saturated rings. The van der Waals surface area contributed by atoms with Gasteiger partial charge in [-0.15, -0.1) is 0 Å². The van der Waals surface area contributed by atoms with E-state index in [0.29, 0.717) is 25.4 Å². The van der Waals surface area contributed by atoms with E-state index in [2.05, 4.69) is 26.4 Å². The lowest BCUT2D eigenvalue weighted by Crippen LogP contribution is -2.49. The highest BCUT2D eigenvalue weighted by atomic mass is 16.7. The largest absolute Gasteiger partial charge is 0.346 e. The fourth-order valence-electron chi connectivity index (χ4n) is 4.16. The lowest BCUT2D eigenvalue weighted by atomic mass is 10.2. The number of hydrogen-bond acceptors (Lipinski definition) is 6. The fourth-order valence-corrected chi connectivity index (χ4v) is 4.16. The van der Waals surface area contributed by atoms with Gasteiger partial charge in [0.15, 0.2) is 5.79 Å². The summed E-state index contributed by atoms with van der Waals surface area (Å²) < 4.78 is 14.2. The zero-order valence-electron chi connectivity index (χ0n) is 15.7. The predicted molar refractivity (Wildman–Crippen MR) is 101 cm³/mol. The molecule has 2 aromatic rings. The third kappa shape index (κ3) is 2.86. The van der Waals surface area contributed by atoms with E-state index in [9.17, 15) is 9.59 Å². The van der Waals surface area contributed by atoms with Crippen LogP contribution < -0.4 is 15.5 Å². The van der Waals surface area contributed by atoms with Crippen molar-refractivity contribution < 1.29 is 19.1 Å². The maximum atomic E-state index is 12.1. The molecule has 0 atom stereocenters. The van der Waals surface area contributed by atoms with E-state index in [0.717, 1.165) is 36.1 Å². The van der Waals surface area contributed by atoms with Crippen LogP contribution in [-0.4, -0.2) is 60.1 Å². The number of aromatic nitrogens is 2. The number of anilines is 1. The van der Waals surface area contributed by atoms with Gasteiger partial charge in [0, 0.05) is 44.1 Å². The molecule has 9 nitrogen and oxygen atoms in total. The molecule has 5 heterocycles. The van der Waals surface area contributed by atoms with E-state index in [1.54, 1.807) is 11.1 Å². The molecule has 0 bridgehead atoms. The van der Waals surface area contributed by atoms with Crippen LogP contribution in [-0.2, 0) is 14.3 Å². The molecule has 0 unspecified atom stereocenters. The van der Waals surface area contributed by atoms with Gasteiger partial charge in [-0.2, -0.15) is 0 Å². The van der Waals surface area contributed by atoms with Gasteiger partial charge in [-0.25, -0.2) is 9.78 Å². The molecule has 2 N–H and O–H groups in total. The summed E-state index contributed by atoms with van der Waals surface area (Å²) in [6, 6.07) is 1.60. The Morgan fingerprint density at radius 1 is 1.29 bits per heavy atom. The second-order valence-corrected chi connectivity index (χ2v) is 7.65. The van der Waals surface area contributed by atoms with Crippen molar-refractivity contribution in [3.63, 3.8) is 0 Å². The van der Waals surface area contributed by atoms with Crippen LogP contribution in [0.3, 0.4) is 0 Å². The van der Waals surface area contributed by atoms with Gasteiger partial charge >= 0.3 is 6.03 Å². The van der Waals surface area contributed by atoms with Crippen LogP contribution in [0.15, 0.2) is 18.5 Å². The summed E-state index contributed by atoms with van der Waals surface area (Å²) in [5.74, 6) is -0.723. The Bertz CT molecular complexity index is 939. The van der Waals surface area contributed by atoms with Crippen LogP contribution in [0.2, 0.25) is 0 Å². The molecule has 0 aromatic carbocycles. The van der Waals surface area contributed by atoms with Gasteiger partial charge in [-0.3, -0.25) is 15.0 Å². The van der Waals surface area contributed by atoms with Crippen LogP contribution in [0.5, 0.6) is 0 Å². The number of pyridine rings is 1. The first-order valence-corrected chi connectivity index (χ1v) is 9.62. The van der Waals surface area contributed by atoms with E-state index in [-0.39, 0.29) is 18.4 Å². The number of nitrogens with zero attached hydrogens (tertiary/aromatic N) is 3. The summed E-state index contributed by atoms with van der Waals surface area (Å²) in [7, 11) is 0. The number of imide groups is 1. The molecule has 3 aliphatic rings. The predicted octanol–water partition coefficient (Wildman–Crippen LogP) is 1.07. The molecular formula is C19H23N5O4. The highest BCUT2D eigenvalue weighted by Crippen LogP contribution is 2.33. The monoisotopic (exact) mass is 385 g/mol. The van der Waals surface area contributed by atoms with Crippen molar-refractivity contribution in [1.29, 1.82) is 0 Å². The van der Waals surface area contributed by atoms with Crippen molar-refractivity contribution in [2.75, 3.05) is 37.7 Å². The van der Waals surface area contributed by atoms with Crippen LogP contribution in [0, 0.1) is 6.92 Å². The quantitative estimate of drug-likeness (QED) is 0.803. The minimum atomic E-state index is -0.478. The maximum Gasteiger partial charge on any atom is 0.328 e. The lowest BCUT2D eigenvalue weighted by Gasteiger charge is -2.37. The Hall–Kier alpha value is -2.49. The van der Waals surface area contributed by atoms with E-state index in [4.69, 9.17) is 9.47 Å². The average molecular weight is 385 g/mol. The van der Waals surface area contributed by atoms with Crippen molar-refractivity contribution in [2.45, 2.75) is 31.6 Å². The topological polar surface area (TPSA) is 97.7 Å². The zero-order chi connectivity index (χ0) is 19.3. The minimum Gasteiger partial charge on any atom is -0.346 e. The Labute approximate surface area is 162 Å². The highest BCUT2D eigenvalue weighted by molar-refractivity contribution is 6.06. The molecule has 148 valence electrons. The molecule has 2 aromatic heterocycles. The van der Waals surface area contributed by atoms with Gasteiger partial charge in [0.25, 0.3) is 0 Å². The molecule has 0 radical (unpaired) electrons. The first kappa shape index (κ1) is 17.6. The van der Waals surface area contributed by atoms with Crippen LogP contribution >= 0.6 is 0 Å². The van der Waals surface area contributed by atoms with E-state index < -0.39 is 11.8 Å². The summed E-state index contributed by atoms with van der Waals surface area (Å²) >= 11 is 0. The summed E-state index contributed by atoms with van der Waals surface area (Å²) in [4.78, 5) is 29.7. The van der Waals surface area contributed by atoms with E-state index in [1.807, 2.05) is 13.0 Å². The van der Waals surface area contributed by atoms with Crippen LogP contribution in [0.1, 0.15) is 24.4 Å². The van der Waals surface area contributed by atoms with Crippen molar-refractivity contribution in [3.8, 4) is 0 Å². The first-order chi connectivity index (χ1) is 13.5. The summed E-state index contributed by atoms with van der Waals surface area (Å²) in [5, 5.41) is 6.61. The molecule has 3 saturated heterocycles. The molecule has 5 rings (SSSR count). The van der Waals surface area contributed by atoms with Crippen molar-refractivity contribution >= 4 is 28.7 Å². The highest BCUT2D eigenvalue weighted by Gasteiger charge is 2.41. The van der Waals surface area contributed by atoms with Crippen molar-refractivity contribution in [3.05, 3.63) is 24.0 Å². The van der Waals surface area contributed by atoms with Crippen molar-refractivity contribution in [1.82, 2.24) is 20.2 Å². The Morgan fingerprint density at radius 3 is 2.82 bits per heavy atom. The summed E-state index contributed by atoms with van der Waals surface area (Å²) in [5.41, 5.74) is 2.60. The van der Waals surface area contributed by atoms with Crippen molar-refractivity contribution in [2.24, 2.45) is 0 Å². The standard InChI is InChI=1S/C19H23N5O4/c1-12-8-24(14-9-27-19(28-10-14)3-4-20-11-19)17-15(12)6-13(7-21-17)23-5-2-16(25)22-18(23)26/h6-8,14,20H,2-5,9-11H2,1H3,(H,22,25,26). The number of carbonyl (C=O) groups excluding carboxylic acids is 2. The van der Waals surface area contributed by atoms with Gasteiger partial charge in [-0.05, 0) is 18.6 Å². The normalized spacial score (nSPS) is 28.3. The summed E-state index contributed by atoms with van der Waals surface area (Å²) in [6.07, 6.45) is 4.90. The van der Waals surface area contributed by atoms with Crippen LogP contribution in [0.25, 0.3) is 11.0 Å². The SMILES string of the molecule is Cc1cn(C2COC3(CCNC3)OC2)c2ncc(N3CCC(=O)NC3=O)cc12. The van der Waals surface area contributed by atoms with Gasteiger partial charge in [0.1, 0.15) is 5.65 Å². The molecule has 3 amide bonds. The molecule has 0 saturated carbocycles. The number of ether oxygens (including phenoxy) is 2. The van der Waals surface area contributed by atoms with Gasteiger partial charge in [-0.1, -0.05) is 0 Å². The fraction of sp³-hybridized carbons (Fsp3) is 0.526. The molecule has 1 spiro atoms. The molecular weight excluding hydrogens is 362 g/mol. The smallest absolute Gasteiger partial charge is 0.328 e. The minimum absolute atomic E-state index is 0.0525. The second kappa shape index (κ2) is 6.54. The van der Waals surface area contributed by atoms with Gasteiger partial charge in [0.2, 0.25) is 5.91 Å². The molecule has 3 aliphatic heterocycles. The number of nitrogens with one attached hydrogen (secondary N) is 2. The average Bonchev–Trinajstić information content (AvgIpc) is 3.27. The Balaban J connectivity index is 1.41. The molecule has 28 heavy (non-hydrogen) atoms. The van der Waals surface area contributed by atoms with Gasteiger partial charge < -0.3 is 19.4 Å². The zero-order valence-corrected chi connectivity index (χ0v) is 15.7. The second-order valence-electron chi connectivity index (χ2n) is 7.65. The third-order valence-electron chi connectivity index (χ3n) is 5.77. The van der Waals surface area contributed by atoms with Gasteiger partial charge in [0.05, 0.1) is 31.1 Å². The Kier molecular flexibility index (Phi) is 4.11. The third-order valence-corrected chi connectivity index (χ3v) is 5.77. The maximum absolute atomic E-state index is 12.1. The molecule has 9 heteroatoms. The Morgan fingerprint density at radius 2 is 2.11 bits per heavy atom. The first-order valence-electron chi connectivity index (χ1n) is 9.62.